The molecule has 3 aromatic carbocycles. The second-order valence-electron chi connectivity index (χ2n) is 7.69. The predicted octanol–water partition coefficient (Wildman–Crippen LogP) is 6.27. The van der Waals surface area contributed by atoms with Crippen molar-refractivity contribution in [3.8, 4) is 5.75 Å². The molecule has 0 saturated carbocycles. The van der Waals surface area contributed by atoms with Crippen LogP contribution in [-0.2, 0) is 17.5 Å². The third-order valence-corrected chi connectivity index (χ3v) is 5.61. The van der Waals surface area contributed by atoms with Crippen molar-refractivity contribution in [2.45, 2.75) is 25.2 Å². The molecule has 0 amide bonds. The molecule has 0 aliphatic carbocycles. The van der Waals surface area contributed by atoms with Gasteiger partial charge in [-0.15, -0.1) is 0 Å². The minimum absolute atomic E-state index is 0.102. The zero-order chi connectivity index (χ0) is 22.7. The molecule has 0 spiro atoms. The number of alkyl halides is 3. The van der Waals surface area contributed by atoms with Gasteiger partial charge in [-0.1, -0.05) is 54.6 Å². The van der Waals surface area contributed by atoms with E-state index in [0.717, 1.165) is 29.0 Å². The second-order valence-corrected chi connectivity index (χ2v) is 7.69. The van der Waals surface area contributed by atoms with Crippen molar-refractivity contribution in [3.05, 3.63) is 107 Å². The Bertz CT molecular complexity index is 1100. The number of halogens is 3. The smallest absolute Gasteiger partial charge is 0.416 e. The lowest BCUT2D eigenvalue weighted by Crippen LogP contribution is -2.30. The van der Waals surface area contributed by atoms with Crippen molar-refractivity contribution < 1.29 is 22.7 Å². The molecule has 1 aliphatic rings. The van der Waals surface area contributed by atoms with Crippen LogP contribution in [0, 0.1) is 0 Å². The molecule has 0 aromatic heterocycles. The Morgan fingerprint density at radius 1 is 0.938 bits per heavy atom. The molecule has 3 aromatic rings. The van der Waals surface area contributed by atoms with Gasteiger partial charge in [0.15, 0.2) is 5.78 Å². The van der Waals surface area contributed by atoms with Crippen LogP contribution in [0.1, 0.15) is 34.7 Å². The number of hydrogen-bond acceptors (Lipinski definition) is 3. The maximum atomic E-state index is 13.0. The Labute approximate surface area is 184 Å². The van der Waals surface area contributed by atoms with Crippen molar-refractivity contribution in [1.82, 2.24) is 4.90 Å². The Hall–Kier alpha value is -3.54. The second kappa shape index (κ2) is 8.91. The first-order chi connectivity index (χ1) is 15.3. The van der Waals surface area contributed by atoms with E-state index in [-0.39, 0.29) is 18.2 Å². The summed E-state index contributed by atoms with van der Waals surface area (Å²) in [5.74, 6) is 0.626. The van der Waals surface area contributed by atoms with Crippen LogP contribution in [0.25, 0.3) is 5.57 Å². The first kappa shape index (κ1) is 21.7. The number of Topliss-reactive ketones (excluding diaryl/α,β-unsaturated/α-hetero) is 1. The molecule has 1 aliphatic heterocycles. The topological polar surface area (TPSA) is 29.5 Å². The SMILES string of the molecule is COc1ccc(C2CC(=O)C(c3ccc(C(F)(F)F)cc3)=CN2Cc2ccccc2)cc1. The van der Waals surface area contributed by atoms with Crippen molar-refractivity contribution in [3.63, 3.8) is 0 Å². The fourth-order valence-electron chi connectivity index (χ4n) is 3.89. The number of carbonyl (C=O) groups is 1. The van der Waals surface area contributed by atoms with E-state index in [1.165, 1.54) is 12.1 Å². The minimum Gasteiger partial charge on any atom is -0.497 e. The summed E-state index contributed by atoms with van der Waals surface area (Å²) in [6.45, 7) is 0.564. The average Bonchev–Trinajstić information content (AvgIpc) is 2.80. The summed E-state index contributed by atoms with van der Waals surface area (Å²) < 4.78 is 44.0. The molecule has 3 nitrogen and oxygen atoms in total. The first-order valence-electron chi connectivity index (χ1n) is 10.2. The fraction of sp³-hybridized carbons (Fsp3) is 0.192. The number of hydrogen-bond donors (Lipinski definition) is 0. The van der Waals surface area contributed by atoms with Crippen LogP contribution in [0.4, 0.5) is 13.2 Å². The molecule has 1 heterocycles. The van der Waals surface area contributed by atoms with Gasteiger partial charge in [-0.25, -0.2) is 0 Å². The number of ketones is 1. The molecule has 0 radical (unpaired) electrons. The van der Waals surface area contributed by atoms with Gasteiger partial charge in [-0.3, -0.25) is 4.79 Å². The quantitative estimate of drug-likeness (QED) is 0.471. The summed E-state index contributed by atoms with van der Waals surface area (Å²) in [5.41, 5.74) is 2.21. The standard InChI is InChI=1S/C26H22F3NO2/c1-32-22-13-9-20(10-14-22)24-15-25(31)23(17-30(24)16-18-5-3-2-4-6-18)19-7-11-21(12-8-19)26(27,28)29/h2-14,17,24H,15-16H2,1H3. The van der Waals surface area contributed by atoms with E-state index < -0.39 is 11.7 Å². The minimum atomic E-state index is -4.41. The zero-order valence-corrected chi connectivity index (χ0v) is 17.5. The number of ether oxygens (including phenoxy) is 1. The van der Waals surface area contributed by atoms with Crippen LogP contribution < -0.4 is 4.74 Å². The van der Waals surface area contributed by atoms with Crippen molar-refractivity contribution >= 4 is 11.4 Å². The van der Waals surface area contributed by atoms with E-state index in [1.807, 2.05) is 54.6 Å². The zero-order valence-electron chi connectivity index (χ0n) is 17.5. The maximum Gasteiger partial charge on any atom is 0.416 e. The van der Waals surface area contributed by atoms with Gasteiger partial charge in [0.1, 0.15) is 5.75 Å². The summed E-state index contributed by atoms with van der Waals surface area (Å²) in [4.78, 5) is 15.1. The summed E-state index contributed by atoms with van der Waals surface area (Å²) in [6.07, 6.45) is -2.41. The largest absolute Gasteiger partial charge is 0.497 e. The summed E-state index contributed by atoms with van der Waals surface area (Å²) in [5, 5.41) is 0. The third kappa shape index (κ3) is 4.69. The molecule has 4 rings (SSSR count). The number of benzene rings is 3. The molecule has 164 valence electrons. The molecule has 1 unspecified atom stereocenters. The monoisotopic (exact) mass is 437 g/mol. The maximum absolute atomic E-state index is 13.0. The van der Waals surface area contributed by atoms with E-state index in [0.29, 0.717) is 17.7 Å². The fourth-order valence-corrected chi connectivity index (χ4v) is 3.89. The highest BCUT2D eigenvalue weighted by molar-refractivity contribution is 6.21. The number of methoxy groups -OCH3 is 1. The molecule has 0 N–H and O–H groups in total. The lowest BCUT2D eigenvalue weighted by Gasteiger charge is -2.35. The van der Waals surface area contributed by atoms with Crippen LogP contribution in [0.3, 0.4) is 0 Å². The number of allylic oxidation sites excluding steroid dienone is 1. The van der Waals surface area contributed by atoms with E-state index in [4.69, 9.17) is 4.74 Å². The first-order valence-corrected chi connectivity index (χ1v) is 10.2. The Morgan fingerprint density at radius 2 is 1.59 bits per heavy atom. The number of carbonyl (C=O) groups excluding carboxylic acids is 1. The van der Waals surface area contributed by atoms with Crippen molar-refractivity contribution in [1.29, 1.82) is 0 Å². The highest BCUT2D eigenvalue weighted by atomic mass is 19.4. The van der Waals surface area contributed by atoms with Gasteiger partial charge in [0, 0.05) is 24.7 Å². The molecular weight excluding hydrogens is 415 g/mol. The van der Waals surface area contributed by atoms with Crippen LogP contribution in [0.2, 0.25) is 0 Å². The summed E-state index contributed by atoms with van der Waals surface area (Å²) in [7, 11) is 1.60. The van der Waals surface area contributed by atoms with Gasteiger partial charge in [0.2, 0.25) is 0 Å². The number of nitrogens with zero attached hydrogens (tertiary/aromatic N) is 1. The van der Waals surface area contributed by atoms with Gasteiger partial charge >= 0.3 is 6.18 Å². The molecule has 0 fully saturated rings. The molecule has 0 saturated heterocycles. The molecule has 0 bridgehead atoms. The molecule has 1 atom stereocenters. The van der Waals surface area contributed by atoms with Gasteiger partial charge in [0.25, 0.3) is 0 Å². The van der Waals surface area contributed by atoms with Crippen LogP contribution in [0.5, 0.6) is 5.75 Å². The van der Waals surface area contributed by atoms with Gasteiger partial charge < -0.3 is 9.64 Å². The van der Waals surface area contributed by atoms with Crippen LogP contribution >= 0.6 is 0 Å². The third-order valence-electron chi connectivity index (χ3n) is 5.61. The highest BCUT2D eigenvalue weighted by Gasteiger charge is 2.32. The lowest BCUT2D eigenvalue weighted by atomic mass is 9.89. The molecular formula is C26H22F3NO2. The number of rotatable bonds is 5. The van der Waals surface area contributed by atoms with Crippen LogP contribution in [0.15, 0.2) is 85.1 Å². The Balaban J connectivity index is 1.70. The van der Waals surface area contributed by atoms with E-state index in [2.05, 4.69) is 4.90 Å². The summed E-state index contributed by atoms with van der Waals surface area (Å²) in [6, 6.07) is 22.0. The molecule has 32 heavy (non-hydrogen) atoms. The summed E-state index contributed by atoms with van der Waals surface area (Å²) >= 11 is 0. The van der Waals surface area contributed by atoms with Gasteiger partial charge in [-0.05, 0) is 41.0 Å². The van der Waals surface area contributed by atoms with Crippen LogP contribution in [-0.4, -0.2) is 17.8 Å². The van der Waals surface area contributed by atoms with E-state index in [1.54, 1.807) is 13.3 Å². The lowest BCUT2D eigenvalue weighted by molar-refractivity contribution is -0.137. The van der Waals surface area contributed by atoms with Crippen molar-refractivity contribution in [2.75, 3.05) is 7.11 Å². The normalized spacial score (nSPS) is 16.6. The highest BCUT2D eigenvalue weighted by Crippen LogP contribution is 2.37. The van der Waals surface area contributed by atoms with Gasteiger partial charge in [0.05, 0.1) is 18.7 Å². The van der Waals surface area contributed by atoms with Gasteiger partial charge in [-0.2, -0.15) is 13.2 Å². The van der Waals surface area contributed by atoms with Crippen molar-refractivity contribution in [2.24, 2.45) is 0 Å². The van der Waals surface area contributed by atoms with E-state index >= 15 is 0 Å². The predicted molar refractivity (Wildman–Crippen MR) is 117 cm³/mol. The Kier molecular flexibility index (Phi) is 6.04. The Morgan fingerprint density at radius 3 is 2.19 bits per heavy atom. The molecule has 6 heteroatoms. The average molecular weight is 437 g/mol. The van der Waals surface area contributed by atoms with E-state index in [9.17, 15) is 18.0 Å².